The summed E-state index contributed by atoms with van der Waals surface area (Å²) in [6.45, 7) is 3.57. The normalized spacial score (nSPS) is 27.2. The van der Waals surface area contributed by atoms with Crippen molar-refractivity contribution in [1.82, 2.24) is 10.2 Å². The third kappa shape index (κ3) is 3.22. The van der Waals surface area contributed by atoms with E-state index in [0.29, 0.717) is 11.4 Å². The summed E-state index contributed by atoms with van der Waals surface area (Å²) in [5.74, 6) is -0.668. The fraction of sp³-hybridized carbons (Fsp3) is 0.389. The van der Waals surface area contributed by atoms with Gasteiger partial charge in [-0.25, -0.2) is 4.79 Å². The van der Waals surface area contributed by atoms with Gasteiger partial charge >= 0.3 is 5.97 Å². The van der Waals surface area contributed by atoms with Crippen LogP contribution in [0.1, 0.15) is 13.8 Å². The van der Waals surface area contributed by atoms with E-state index in [1.54, 1.807) is 17.0 Å². The first-order chi connectivity index (χ1) is 12.3. The molecule has 2 fully saturated rings. The van der Waals surface area contributed by atoms with Crippen LogP contribution in [0, 0.1) is 11.3 Å². The smallest absolute Gasteiger partial charge is 0.327 e. The van der Waals surface area contributed by atoms with Gasteiger partial charge in [0.15, 0.2) is 6.61 Å². The van der Waals surface area contributed by atoms with E-state index in [4.69, 9.17) is 10.00 Å². The SMILES string of the molecule is CC1(C)S[C@@H]2[C@H](NC(=O)COc3ccccc3)C(=CC#N)N2[C@H]1C(=O)O. The van der Waals surface area contributed by atoms with Crippen LogP contribution in [0.15, 0.2) is 42.1 Å². The summed E-state index contributed by atoms with van der Waals surface area (Å²) in [5, 5.41) is 21.2. The molecule has 1 aromatic carbocycles. The van der Waals surface area contributed by atoms with Crippen molar-refractivity contribution in [3.8, 4) is 11.8 Å². The maximum absolute atomic E-state index is 12.2. The van der Waals surface area contributed by atoms with Gasteiger partial charge in [0.25, 0.3) is 5.91 Å². The van der Waals surface area contributed by atoms with E-state index < -0.39 is 22.8 Å². The first-order valence-electron chi connectivity index (χ1n) is 8.11. The number of carbonyl (C=O) groups excluding carboxylic acids is 1. The summed E-state index contributed by atoms with van der Waals surface area (Å²) in [6.07, 6.45) is 1.30. The van der Waals surface area contributed by atoms with Crippen LogP contribution in [0.5, 0.6) is 5.75 Å². The number of carbonyl (C=O) groups is 2. The number of benzene rings is 1. The molecule has 2 saturated heterocycles. The number of nitrogens with zero attached hydrogens (tertiary/aromatic N) is 2. The van der Waals surface area contributed by atoms with Crippen LogP contribution in [-0.4, -0.2) is 50.7 Å². The zero-order chi connectivity index (χ0) is 18.9. The second-order valence-electron chi connectivity index (χ2n) is 6.61. The van der Waals surface area contributed by atoms with Crippen LogP contribution in [0.2, 0.25) is 0 Å². The van der Waals surface area contributed by atoms with Crippen molar-refractivity contribution in [1.29, 1.82) is 5.26 Å². The maximum atomic E-state index is 12.2. The number of nitrogens with one attached hydrogen (secondary N) is 1. The van der Waals surface area contributed by atoms with Crippen LogP contribution in [0.3, 0.4) is 0 Å². The average molecular weight is 373 g/mol. The second kappa shape index (κ2) is 6.92. The van der Waals surface area contributed by atoms with E-state index in [1.807, 2.05) is 38.1 Å². The van der Waals surface area contributed by atoms with Crippen LogP contribution in [-0.2, 0) is 9.59 Å². The fourth-order valence-electron chi connectivity index (χ4n) is 3.34. The predicted molar refractivity (Wildman–Crippen MR) is 96.3 cm³/mol. The predicted octanol–water partition coefficient (Wildman–Crippen LogP) is 1.58. The first-order valence-corrected chi connectivity index (χ1v) is 8.99. The third-order valence-corrected chi connectivity index (χ3v) is 5.98. The molecule has 3 rings (SSSR count). The highest BCUT2D eigenvalue weighted by molar-refractivity contribution is 8.01. The molecule has 2 N–H and O–H groups in total. The Morgan fingerprint density at radius 2 is 2.12 bits per heavy atom. The lowest BCUT2D eigenvalue weighted by Crippen LogP contribution is -2.65. The summed E-state index contributed by atoms with van der Waals surface area (Å²) < 4.78 is 4.90. The molecule has 2 aliphatic rings. The largest absolute Gasteiger partial charge is 0.484 e. The van der Waals surface area contributed by atoms with Gasteiger partial charge in [-0.1, -0.05) is 18.2 Å². The monoisotopic (exact) mass is 373 g/mol. The van der Waals surface area contributed by atoms with Gasteiger partial charge < -0.3 is 20.1 Å². The Labute approximate surface area is 155 Å². The molecular weight excluding hydrogens is 354 g/mol. The van der Waals surface area contributed by atoms with E-state index in [2.05, 4.69) is 5.32 Å². The second-order valence-corrected chi connectivity index (χ2v) is 8.38. The quantitative estimate of drug-likeness (QED) is 0.755. The lowest BCUT2D eigenvalue weighted by Gasteiger charge is -2.48. The van der Waals surface area contributed by atoms with Crippen LogP contribution in [0.4, 0.5) is 0 Å². The molecule has 136 valence electrons. The zero-order valence-electron chi connectivity index (χ0n) is 14.4. The zero-order valence-corrected chi connectivity index (χ0v) is 15.2. The molecule has 26 heavy (non-hydrogen) atoms. The lowest BCUT2D eigenvalue weighted by molar-refractivity contribution is -0.144. The van der Waals surface area contributed by atoms with Gasteiger partial charge in [0, 0.05) is 10.8 Å². The molecule has 8 heteroatoms. The molecule has 0 radical (unpaired) electrons. The molecule has 0 aliphatic carbocycles. The highest BCUT2D eigenvalue weighted by atomic mass is 32.2. The molecular formula is C18H19N3O4S. The number of carboxylic acids is 1. The topological polar surface area (TPSA) is 103 Å². The number of allylic oxidation sites excluding steroid dienone is 1. The average Bonchev–Trinajstić information content (AvgIpc) is 2.85. The van der Waals surface area contributed by atoms with E-state index in [1.165, 1.54) is 17.8 Å². The van der Waals surface area contributed by atoms with Crippen molar-refractivity contribution < 1.29 is 19.4 Å². The van der Waals surface area contributed by atoms with Gasteiger partial charge in [-0.05, 0) is 26.0 Å². The first kappa shape index (κ1) is 18.1. The fourth-order valence-corrected chi connectivity index (χ4v) is 5.00. The van der Waals surface area contributed by atoms with Gasteiger partial charge in [0.1, 0.15) is 17.2 Å². The number of rotatable bonds is 5. The molecule has 0 bridgehead atoms. The summed E-state index contributed by atoms with van der Waals surface area (Å²) in [4.78, 5) is 25.6. The minimum atomic E-state index is -0.939. The highest BCUT2D eigenvalue weighted by Gasteiger charge is 2.61. The van der Waals surface area contributed by atoms with Crippen LogP contribution < -0.4 is 10.1 Å². The number of fused-ring (bicyclic) bond motifs is 1. The van der Waals surface area contributed by atoms with Gasteiger partial charge in [0.05, 0.1) is 17.8 Å². The minimum Gasteiger partial charge on any atom is -0.484 e. The highest BCUT2D eigenvalue weighted by Crippen LogP contribution is 2.54. The van der Waals surface area contributed by atoms with Gasteiger partial charge in [0.2, 0.25) is 0 Å². The van der Waals surface area contributed by atoms with Gasteiger partial charge in [-0.3, -0.25) is 4.79 Å². The molecule has 1 amide bonds. The number of thioether (sulfide) groups is 1. The van der Waals surface area contributed by atoms with Crippen molar-refractivity contribution in [2.75, 3.05) is 6.61 Å². The maximum Gasteiger partial charge on any atom is 0.327 e. The number of ether oxygens (including phenoxy) is 1. The van der Waals surface area contributed by atoms with Crippen molar-refractivity contribution in [2.45, 2.75) is 36.1 Å². The number of hydrogen-bond donors (Lipinski definition) is 2. The number of carboxylic acid groups (broad SMARTS) is 1. The Morgan fingerprint density at radius 1 is 1.42 bits per heavy atom. The molecule has 1 aromatic rings. The summed E-state index contributed by atoms with van der Waals surface area (Å²) >= 11 is 1.49. The molecule has 2 heterocycles. The summed E-state index contributed by atoms with van der Waals surface area (Å²) in [6, 6.07) is 9.78. The number of aliphatic carboxylic acids is 1. The Kier molecular flexibility index (Phi) is 4.83. The number of nitriles is 1. The Hall–Kier alpha value is -2.66. The molecule has 3 atom stereocenters. The van der Waals surface area contributed by atoms with Crippen LogP contribution in [0.25, 0.3) is 0 Å². The Bertz CT molecular complexity index is 787. The molecule has 0 aromatic heterocycles. The third-order valence-electron chi connectivity index (χ3n) is 4.41. The van der Waals surface area contributed by atoms with Gasteiger partial charge in [-0.15, -0.1) is 11.8 Å². The molecule has 7 nitrogen and oxygen atoms in total. The minimum absolute atomic E-state index is 0.149. The lowest BCUT2D eigenvalue weighted by atomic mass is 9.93. The van der Waals surface area contributed by atoms with E-state index >= 15 is 0 Å². The standard InChI is InChI=1S/C18H19N3O4S/c1-18(2)15(17(23)24)21-12(8-9-19)14(16(21)26-18)20-13(22)10-25-11-6-4-3-5-7-11/h3-8,14-16H,10H2,1-2H3,(H,20,22)(H,23,24)/t14-,15+,16-/m1/s1. The Morgan fingerprint density at radius 3 is 2.73 bits per heavy atom. The molecule has 0 saturated carbocycles. The van der Waals surface area contributed by atoms with Crippen molar-refractivity contribution in [3.63, 3.8) is 0 Å². The molecule has 2 aliphatic heterocycles. The number of para-hydroxylation sites is 1. The van der Waals surface area contributed by atoms with Crippen molar-refractivity contribution >= 4 is 23.6 Å². The summed E-state index contributed by atoms with van der Waals surface area (Å²) in [7, 11) is 0. The van der Waals surface area contributed by atoms with Crippen molar-refractivity contribution in [2.24, 2.45) is 0 Å². The van der Waals surface area contributed by atoms with Crippen molar-refractivity contribution in [3.05, 3.63) is 42.1 Å². The number of amides is 1. The van der Waals surface area contributed by atoms with E-state index in [9.17, 15) is 14.7 Å². The van der Waals surface area contributed by atoms with Gasteiger partial charge in [-0.2, -0.15) is 5.26 Å². The molecule has 0 spiro atoms. The molecule has 0 unspecified atom stereocenters. The Balaban J connectivity index is 1.68. The number of hydrogen-bond acceptors (Lipinski definition) is 6. The summed E-state index contributed by atoms with van der Waals surface area (Å²) in [5.41, 5.74) is 0.524. The van der Waals surface area contributed by atoms with E-state index in [-0.39, 0.29) is 17.9 Å². The van der Waals surface area contributed by atoms with E-state index in [0.717, 1.165) is 0 Å². The van der Waals surface area contributed by atoms with Crippen LogP contribution >= 0.6 is 11.8 Å².